The number of hydrogen-bond donors (Lipinski definition) is 2. The minimum Gasteiger partial charge on any atom is -0.368 e. The first-order chi connectivity index (χ1) is 9.64. The second-order valence-electron chi connectivity index (χ2n) is 5.77. The molecule has 1 aliphatic heterocycles. The molecule has 0 amide bonds. The number of nitrogen functional groups attached to an aromatic ring is 1. The fourth-order valence-electron chi connectivity index (χ4n) is 3.16. The largest absolute Gasteiger partial charge is 0.368 e. The predicted octanol–water partition coefficient (Wildman–Crippen LogP) is 0.586. The third-order valence-corrected chi connectivity index (χ3v) is 4.29. The minimum absolute atomic E-state index is 0.278. The average molecular weight is 272 g/mol. The Kier molecular flexibility index (Phi) is 3.22. The van der Waals surface area contributed by atoms with Gasteiger partial charge in [0.1, 0.15) is 5.82 Å². The van der Waals surface area contributed by atoms with Gasteiger partial charge in [0.05, 0.1) is 17.2 Å². The Labute approximate surface area is 119 Å². The lowest BCUT2D eigenvalue weighted by Crippen LogP contribution is -2.45. The van der Waals surface area contributed by atoms with E-state index in [1.165, 1.54) is 0 Å². The lowest BCUT2D eigenvalue weighted by molar-refractivity contribution is 0.473. The Morgan fingerprint density at radius 2 is 2.10 bits per heavy atom. The molecule has 3 N–H and O–H groups in total. The van der Waals surface area contributed by atoms with Crippen molar-refractivity contribution in [2.45, 2.75) is 31.6 Å². The maximum absolute atomic E-state index is 9.51. The van der Waals surface area contributed by atoms with Crippen LogP contribution in [0.15, 0.2) is 0 Å². The number of nitrogens with two attached hydrogens (primary N) is 1. The summed E-state index contributed by atoms with van der Waals surface area (Å²) >= 11 is 0. The molecule has 0 saturated carbocycles. The fourth-order valence-corrected chi connectivity index (χ4v) is 3.16. The van der Waals surface area contributed by atoms with Gasteiger partial charge >= 0.3 is 0 Å². The first-order valence-corrected chi connectivity index (χ1v) is 7.18. The molecule has 20 heavy (non-hydrogen) atoms. The van der Waals surface area contributed by atoms with Crippen LogP contribution in [0.5, 0.6) is 0 Å². The normalized spacial score (nSPS) is 25.9. The van der Waals surface area contributed by atoms with Gasteiger partial charge in [-0.05, 0) is 26.2 Å². The molecule has 2 heterocycles. The van der Waals surface area contributed by atoms with Crippen molar-refractivity contribution in [1.29, 1.82) is 5.26 Å². The number of hydrogen-bond acceptors (Lipinski definition) is 6. The van der Waals surface area contributed by atoms with Crippen molar-refractivity contribution in [3.63, 3.8) is 0 Å². The van der Waals surface area contributed by atoms with Crippen molar-refractivity contribution >= 4 is 11.8 Å². The van der Waals surface area contributed by atoms with E-state index in [9.17, 15) is 5.26 Å². The van der Waals surface area contributed by atoms with Gasteiger partial charge in [0.25, 0.3) is 0 Å². The van der Waals surface area contributed by atoms with Gasteiger partial charge in [0.2, 0.25) is 5.95 Å². The zero-order valence-corrected chi connectivity index (χ0v) is 11.8. The molecule has 1 atom stereocenters. The first-order valence-electron chi connectivity index (χ1n) is 7.18. The molecule has 1 fully saturated rings. The lowest BCUT2D eigenvalue weighted by Gasteiger charge is -2.35. The number of piperazine rings is 1. The Bertz CT molecular complexity index is 558. The van der Waals surface area contributed by atoms with E-state index in [4.69, 9.17) is 5.73 Å². The smallest absolute Gasteiger partial charge is 0.222 e. The van der Waals surface area contributed by atoms with Gasteiger partial charge in [-0.3, -0.25) is 0 Å². The number of nitriles is 1. The molecule has 1 aliphatic carbocycles. The van der Waals surface area contributed by atoms with E-state index in [2.05, 4.69) is 26.3 Å². The molecule has 6 nitrogen and oxygen atoms in total. The standard InChI is InChI=1S/C14H20N6/c1-14(9-15)4-2-3-10-11(14)18-13(16)19-12(10)20-7-5-17-6-8-20/h17H,2-8H2,1H3,(H2,16,18,19). The summed E-state index contributed by atoms with van der Waals surface area (Å²) in [6.45, 7) is 5.71. The second kappa shape index (κ2) is 4.91. The van der Waals surface area contributed by atoms with E-state index < -0.39 is 5.41 Å². The van der Waals surface area contributed by atoms with Gasteiger partial charge < -0.3 is 16.0 Å². The summed E-state index contributed by atoms with van der Waals surface area (Å²) in [7, 11) is 0. The maximum atomic E-state index is 9.51. The van der Waals surface area contributed by atoms with Crippen LogP contribution in [0.3, 0.4) is 0 Å². The molecule has 6 heteroatoms. The highest BCUT2D eigenvalue weighted by Crippen LogP contribution is 2.39. The topological polar surface area (TPSA) is 90.9 Å². The van der Waals surface area contributed by atoms with Gasteiger partial charge in [0, 0.05) is 31.7 Å². The van der Waals surface area contributed by atoms with Crippen molar-refractivity contribution in [1.82, 2.24) is 15.3 Å². The summed E-state index contributed by atoms with van der Waals surface area (Å²) in [5.74, 6) is 1.22. The number of rotatable bonds is 1. The van der Waals surface area contributed by atoms with Crippen molar-refractivity contribution in [3.8, 4) is 6.07 Å². The van der Waals surface area contributed by atoms with Crippen LogP contribution >= 0.6 is 0 Å². The summed E-state index contributed by atoms with van der Waals surface area (Å²) < 4.78 is 0. The quantitative estimate of drug-likeness (QED) is 0.777. The zero-order chi connectivity index (χ0) is 14.2. The number of nitrogens with zero attached hydrogens (tertiary/aromatic N) is 4. The second-order valence-corrected chi connectivity index (χ2v) is 5.77. The van der Waals surface area contributed by atoms with Crippen LogP contribution in [-0.4, -0.2) is 36.1 Å². The molecule has 1 aromatic rings. The number of aromatic nitrogens is 2. The third kappa shape index (κ3) is 2.08. The maximum Gasteiger partial charge on any atom is 0.222 e. The molecule has 0 bridgehead atoms. The summed E-state index contributed by atoms with van der Waals surface area (Å²) in [4.78, 5) is 11.1. The molecule has 106 valence electrons. The predicted molar refractivity (Wildman–Crippen MR) is 77.4 cm³/mol. The highest BCUT2D eigenvalue weighted by molar-refractivity contribution is 5.56. The van der Waals surface area contributed by atoms with E-state index in [1.807, 2.05) is 6.92 Å². The Balaban J connectivity index is 2.10. The van der Waals surface area contributed by atoms with Gasteiger partial charge in [-0.25, -0.2) is 4.98 Å². The summed E-state index contributed by atoms with van der Waals surface area (Å²) in [5.41, 5.74) is 7.32. The summed E-state index contributed by atoms with van der Waals surface area (Å²) in [6, 6.07) is 2.42. The number of fused-ring (bicyclic) bond motifs is 1. The SMILES string of the molecule is CC1(C#N)CCCc2c(N3CCNCC3)nc(N)nc21. The summed E-state index contributed by atoms with van der Waals surface area (Å²) in [5, 5.41) is 12.9. The Hall–Kier alpha value is -1.87. The van der Waals surface area contributed by atoms with E-state index in [0.717, 1.165) is 62.5 Å². The Morgan fingerprint density at radius 1 is 1.35 bits per heavy atom. The van der Waals surface area contributed by atoms with Gasteiger partial charge in [-0.2, -0.15) is 10.2 Å². The van der Waals surface area contributed by atoms with Crippen LogP contribution < -0.4 is 16.0 Å². The van der Waals surface area contributed by atoms with Crippen molar-refractivity contribution in [2.75, 3.05) is 36.8 Å². The van der Waals surface area contributed by atoms with E-state index >= 15 is 0 Å². The third-order valence-electron chi connectivity index (χ3n) is 4.29. The Morgan fingerprint density at radius 3 is 2.80 bits per heavy atom. The fraction of sp³-hybridized carbons (Fsp3) is 0.643. The molecular weight excluding hydrogens is 252 g/mol. The van der Waals surface area contributed by atoms with Crippen molar-refractivity contribution in [2.24, 2.45) is 0 Å². The van der Waals surface area contributed by atoms with Crippen LogP contribution in [0.2, 0.25) is 0 Å². The summed E-state index contributed by atoms with van der Waals surface area (Å²) in [6.07, 6.45) is 2.78. The van der Waals surface area contributed by atoms with Gasteiger partial charge in [0.15, 0.2) is 0 Å². The molecule has 0 spiro atoms. The molecular formula is C14H20N6. The van der Waals surface area contributed by atoms with E-state index in [0.29, 0.717) is 0 Å². The van der Waals surface area contributed by atoms with Crippen molar-refractivity contribution < 1.29 is 0 Å². The molecule has 3 rings (SSSR count). The van der Waals surface area contributed by atoms with Crippen LogP contribution in [-0.2, 0) is 11.8 Å². The van der Waals surface area contributed by atoms with Crippen LogP contribution in [0, 0.1) is 11.3 Å². The van der Waals surface area contributed by atoms with Crippen LogP contribution in [0.25, 0.3) is 0 Å². The van der Waals surface area contributed by atoms with Crippen LogP contribution in [0.4, 0.5) is 11.8 Å². The van der Waals surface area contributed by atoms with E-state index in [1.54, 1.807) is 0 Å². The number of nitrogens with one attached hydrogen (secondary N) is 1. The highest BCUT2D eigenvalue weighted by atomic mass is 15.2. The molecule has 1 saturated heterocycles. The molecule has 1 aromatic heterocycles. The van der Waals surface area contributed by atoms with E-state index in [-0.39, 0.29) is 5.95 Å². The minimum atomic E-state index is -0.534. The van der Waals surface area contributed by atoms with Gasteiger partial charge in [-0.1, -0.05) is 0 Å². The lowest BCUT2D eigenvalue weighted by atomic mass is 9.75. The first kappa shape index (κ1) is 13.1. The average Bonchev–Trinajstić information content (AvgIpc) is 2.48. The van der Waals surface area contributed by atoms with Crippen molar-refractivity contribution in [3.05, 3.63) is 11.3 Å². The molecule has 1 unspecified atom stereocenters. The zero-order valence-electron chi connectivity index (χ0n) is 11.8. The molecule has 0 radical (unpaired) electrons. The molecule has 0 aromatic carbocycles. The van der Waals surface area contributed by atoms with Crippen LogP contribution in [0.1, 0.15) is 31.0 Å². The number of anilines is 2. The monoisotopic (exact) mass is 272 g/mol. The molecule has 2 aliphatic rings. The highest BCUT2D eigenvalue weighted by Gasteiger charge is 2.36. The van der Waals surface area contributed by atoms with Gasteiger partial charge in [-0.15, -0.1) is 0 Å².